The number of benzene rings is 2. The van der Waals surface area contributed by atoms with Crippen molar-refractivity contribution in [1.82, 2.24) is 0 Å². The Kier molecular flexibility index (Phi) is 5.99. The Hall–Kier alpha value is -2.87. The minimum atomic E-state index is -3.68. The number of hydrogen-bond acceptors (Lipinski definition) is 4. The molecule has 2 aromatic rings. The highest BCUT2D eigenvalue weighted by atomic mass is 32.2. The number of carbonyl (C=O) groups excluding carboxylic acids is 2. The van der Waals surface area contributed by atoms with Crippen LogP contribution in [-0.4, -0.2) is 33.0 Å². The number of primary amides is 1. The monoisotopic (exact) mass is 375 g/mol. The molecule has 2 aromatic carbocycles. The SMILES string of the molecule is CCc1ccccc1N(CC(=O)Nc1ccccc1C(N)=O)S(C)(=O)=O. The topological polar surface area (TPSA) is 110 Å². The number of aryl methyl sites for hydroxylation is 1. The Morgan fingerprint density at radius 1 is 1.08 bits per heavy atom. The van der Waals surface area contributed by atoms with Crippen LogP contribution in [-0.2, 0) is 21.2 Å². The summed E-state index contributed by atoms with van der Waals surface area (Å²) in [5.41, 5.74) is 6.95. The molecule has 7 nitrogen and oxygen atoms in total. The van der Waals surface area contributed by atoms with E-state index in [-0.39, 0.29) is 11.3 Å². The Bertz CT molecular complexity index is 926. The maximum absolute atomic E-state index is 12.4. The zero-order chi connectivity index (χ0) is 19.3. The third kappa shape index (κ3) is 4.60. The van der Waals surface area contributed by atoms with Gasteiger partial charge in [-0.05, 0) is 30.2 Å². The van der Waals surface area contributed by atoms with Crippen LogP contribution in [0.3, 0.4) is 0 Å². The molecule has 0 radical (unpaired) electrons. The molecule has 0 saturated carbocycles. The van der Waals surface area contributed by atoms with Crippen molar-refractivity contribution in [2.75, 3.05) is 22.4 Å². The fourth-order valence-corrected chi connectivity index (χ4v) is 3.45. The van der Waals surface area contributed by atoms with Crippen LogP contribution in [0.15, 0.2) is 48.5 Å². The van der Waals surface area contributed by atoms with E-state index in [1.54, 1.807) is 24.3 Å². The molecular weight excluding hydrogens is 354 g/mol. The van der Waals surface area contributed by atoms with Crippen LogP contribution in [0.5, 0.6) is 0 Å². The van der Waals surface area contributed by atoms with Gasteiger partial charge in [0.1, 0.15) is 6.54 Å². The van der Waals surface area contributed by atoms with E-state index >= 15 is 0 Å². The molecule has 0 atom stereocenters. The van der Waals surface area contributed by atoms with Crippen molar-refractivity contribution in [2.45, 2.75) is 13.3 Å². The summed E-state index contributed by atoms with van der Waals surface area (Å²) in [7, 11) is -3.68. The molecule has 0 aliphatic heterocycles. The first-order valence-corrected chi connectivity index (χ1v) is 9.83. The fourth-order valence-electron chi connectivity index (χ4n) is 2.56. The van der Waals surface area contributed by atoms with Gasteiger partial charge < -0.3 is 11.1 Å². The lowest BCUT2D eigenvalue weighted by molar-refractivity contribution is -0.114. The average molecular weight is 375 g/mol. The Morgan fingerprint density at radius 3 is 2.31 bits per heavy atom. The van der Waals surface area contributed by atoms with Crippen molar-refractivity contribution in [2.24, 2.45) is 5.73 Å². The smallest absolute Gasteiger partial charge is 0.250 e. The zero-order valence-electron chi connectivity index (χ0n) is 14.6. The lowest BCUT2D eigenvalue weighted by Crippen LogP contribution is -2.38. The van der Waals surface area contributed by atoms with Crippen molar-refractivity contribution < 1.29 is 18.0 Å². The Labute approximate surface area is 152 Å². The molecule has 0 fully saturated rings. The molecular formula is C18H21N3O4S. The molecule has 138 valence electrons. The minimum absolute atomic E-state index is 0.153. The van der Waals surface area contributed by atoms with Gasteiger partial charge in [0.15, 0.2) is 0 Å². The molecule has 0 spiro atoms. The van der Waals surface area contributed by atoms with Gasteiger partial charge >= 0.3 is 0 Å². The van der Waals surface area contributed by atoms with Gasteiger partial charge in [-0.3, -0.25) is 13.9 Å². The molecule has 0 saturated heterocycles. The van der Waals surface area contributed by atoms with Gasteiger partial charge in [0.25, 0.3) is 5.91 Å². The number of rotatable bonds is 7. The second kappa shape index (κ2) is 8.01. The normalized spacial score (nSPS) is 11.0. The van der Waals surface area contributed by atoms with Crippen molar-refractivity contribution >= 4 is 33.2 Å². The molecule has 0 aliphatic carbocycles. The number of sulfonamides is 1. The highest BCUT2D eigenvalue weighted by Gasteiger charge is 2.23. The predicted octanol–water partition coefficient (Wildman–Crippen LogP) is 1.75. The number of para-hydroxylation sites is 2. The maximum atomic E-state index is 12.4. The first-order chi connectivity index (χ1) is 12.2. The molecule has 2 rings (SSSR count). The predicted molar refractivity (Wildman–Crippen MR) is 102 cm³/mol. The highest BCUT2D eigenvalue weighted by molar-refractivity contribution is 7.92. The largest absolute Gasteiger partial charge is 0.366 e. The third-order valence-electron chi connectivity index (χ3n) is 3.80. The second-order valence-electron chi connectivity index (χ2n) is 5.71. The number of hydrogen-bond donors (Lipinski definition) is 2. The Morgan fingerprint density at radius 2 is 1.69 bits per heavy atom. The fraction of sp³-hybridized carbons (Fsp3) is 0.222. The van der Waals surface area contributed by atoms with E-state index < -0.39 is 28.4 Å². The first kappa shape index (κ1) is 19.5. The van der Waals surface area contributed by atoms with Crippen LogP contribution >= 0.6 is 0 Å². The lowest BCUT2D eigenvalue weighted by atomic mass is 10.1. The van der Waals surface area contributed by atoms with Crippen LogP contribution in [0.4, 0.5) is 11.4 Å². The molecule has 0 heterocycles. The number of amides is 2. The van der Waals surface area contributed by atoms with Crippen molar-refractivity contribution in [1.29, 1.82) is 0 Å². The van der Waals surface area contributed by atoms with E-state index in [0.29, 0.717) is 12.1 Å². The number of carbonyl (C=O) groups is 2. The maximum Gasteiger partial charge on any atom is 0.250 e. The number of nitrogens with zero attached hydrogens (tertiary/aromatic N) is 1. The quantitative estimate of drug-likeness (QED) is 0.768. The molecule has 26 heavy (non-hydrogen) atoms. The summed E-state index contributed by atoms with van der Waals surface area (Å²) in [6, 6.07) is 13.3. The summed E-state index contributed by atoms with van der Waals surface area (Å²) in [6.07, 6.45) is 1.67. The molecule has 0 aliphatic rings. The van der Waals surface area contributed by atoms with Crippen LogP contribution in [0.1, 0.15) is 22.8 Å². The summed E-state index contributed by atoms with van der Waals surface area (Å²) >= 11 is 0. The first-order valence-electron chi connectivity index (χ1n) is 7.98. The standard InChI is InChI=1S/C18H21N3O4S/c1-3-13-8-4-7-11-16(13)21(26(2,24)25)12-17(22)20-15-10-6-5-9-14(15)18(19)23/h4-11H,3,12H2,1-2H3,(H2,19,23)(H,20,22). The van der Waals surface area contributed by atoms with E-state index in [4.69, 9.17) is 5.73 Å². The van der Waals surface area contributed by atoms with E-state index in [9.17, 15) is 18.0 Å². The van der Waals surface area contributed by atoms with E-state index in [2.05, 4.69) is 5.32 Å². The molecule has 8 heteroatoms. The van der Waals surface area contributed by atoms with Crippen molar-refractivity contribution in [3.63, 3.8) is 0 Å². The third-order valence-corrected chi connectivity index (χ3v) is 4.92. The number of nitrogens with one attached hydrogen (secondary N) is 1. The molecule has 2 amide bonds. The average Bonchev–Trinajstić information content (AvgIpc) is 2.59. The van der Waals surface area contributed by atoms with Gasteiger partial charge in [0.2, 0.25) is 15.9 Å². The number of anilines is 2. The van der Waals surface area contributed by atoms with Crippen molar-refractivity contribution in [3.8, 4) is 0 Å². The lowest BCUT2D eigenvalue weighted by Gasteiger charge is -2.24. The van der Waals surface area contributed by atoms with Gasteiger partial charge in [0, 0.05) is 0 Å². The van der Waals surface area contributed by atoms with Crippen LogP contribution < -0.4 is 15.4 Å². The number of nitrogens with two attached hydrogens (primary N) is 1. The molecule has 0 bridgehead atoms. The van der Waals surface area contributed by atoms with Gasteiger partial charge in [-0.2, -0.15) is 0 Å². The summed E-state index contributed by atoms with van der Waals surface area (Å²) in [4.78, 5) is 23.9. The summed E-state index contributed by atoms with van der Waals surface area (Å²) < 4.78 is 25.5. The second-order valence-corrected chi connectivity index (χ2v) is 7.62. The molecule has 0 unspecified atom stereocenters. The Balaban J connectivity index is 2.30. The van der Waals surface area contributed by atoms with Gasteiger partial charge in [0.05, 0.1) is 23.2 Å². The summed E-state index contributed by atoms with van der Waals surface area (Å²) in [6.45, 7) is 1.49. The minimum Gasteiger partial charge on any atom is -0.366 e. The summed E-state index contributed by atoms with van der Waals surface area (Å²) in [5.74, 6) is -1.26. The van der Waals surface area contributed by atoms with Gasteiger partial charge in [-0.25, -0.2) is 8.42 Å². The van der Waals surface area contributed by atoms with Crippen molar-refractivity contribution in [3.05, 3.63) is 59.7 Å². The zero-order valence-corrected chi connectivity index (χ0v) is 15.4. The summed E-state index contributed by atoms with van der Waals surface area (Å²) in [5, 5.41) is 2.56. The van der Waals surface area contributed by atoms with Crippen LogP contribution in [0, 0.1) is 0 Å². The van der Waals surface area contributed by atoms with Crippen LogP contribution in [0.2, 0.25) is 0 Å². The van der Waals surface area contributed by atoms with E-state index in [1.165, 1.54) is 12.1 Å². The molecule has 0 aromatic heterocycles. The van der Waals surface area contributed by atoms with Gasteiger partial charge in [-0.15, -0.1) is 0 Å². The highest BCUT2D eigenvalue weighted by Crippen LogP contribution is 2.23. The van der Waals surface area contributed by atoms with E-state index in [1.807, 2.05) is 19.1 Å². The molecule has 3 N–H and O–H groups in total. The van der Waals surface area contributed by atoms with Gasteiger partial charge in [-0.1, -0.05) is 37.3 Å². The van der Waals surface area contributed by atoms with E-state index in [0.717, 1.165) is 16.1 Å². The van der Waals surface area contributed by atoms with Crippen LogP contribution in [0.25, 0.3) is 0 Å².